The Labute approximate surface area is 130 Å². The van der Waals surface area contributed by atoms with Crippen molar-refractivity contribution in [2.24, 2.45) is 10.7 Å². The van der Waals surface area contributed by atoms with Gasteiger partial charge in [0.05, 0.1) is 17.2 Å². The fourth-order valence-corrected chi connectivity index (χ4v) is 2.66. The quantitative estimate of drug-likeness (QED) is 0.667. The summed E-state index contributed by atoms with van der Waals surface area (Å²) in [6.45, 7) is 8.96. The minimum absolute atomic E-state index is 0.414. The van der Waals surface area contributed by atoms with Crippen LogP contribution in [0.1, 0.15) is 41.6 Å². The molecule has 1 aromatic carbocycles. The van der Waals surface area contributed by atoms with E-state index in [9.17, 15) is 0 Å². The molecule has 4 nitrogen and oxygen atoms in total. The SMILES string of the molecule is Cc1ccc(NC(N)=NCc2csc(C(C)C)n2)cc1C. The molecule has 0 bridgehead atoms. The molecule has 0 aliphatic heterocycles. The van der Waals surface area contributed by atoms with Gasteiger partial charge < -0.3 is 11.1 Å². The van der Waals surface area contributed by atoms with E-state index in [1.807, 2.05) is 11.4 Å². The lowest BCUT2D eigenvalue weighted by atomic mass is 10.1. The lowest BCUT2D eigenvalue weighted by Gasteiger charge is -2.07. The molecule has 2 aromatic rings. The average Bonchev–Trinajstić information content (AvgIpc) is 2.90. The highest BCUT2D eigenvalue weighted by Gasteiger charge is 2.05. The van der Waals surface area contributed by atoms with E-state index in [0.29, 0.717) is 18.4 Å². The van der Waals surface area contributed by atoms with Crippen LogP contribution in [0.4, 0.5) is 5.69 Å². The van der Waals surface area contributed by atoms with Crippen molar-refractivity contribution in [1.82, 2.24) is 4.98 Å². The number of rotatable bonds is 4. The normalized spacial score (nSPS) is 12.0. The Morgan fingerprint density at radius 2 is 2.10 bits per heavy atom. The number of nitrogens with zero attached hydrogens (tertiary/aromatic N) is 2. The van der Waals surface area contributed by atoms with Crippen LogP contribution in [-0.4, -0.2) is 10.9 Å². The number of nitrogens with one attached hydrogen (secondary N) is 1. The van der Waals surface area contributed by atoms with Crippen molar-refractivity contribution < 1.29 is 0 Å². The molecular weight excluding hydrogens is 280 g/mol. The molecule has 0 fully saturated rings. The lowest BCUT2D eigenvalue weighted by molar-refractivity contribution is 0.837. The highest BCUT2D eigenvalue weighted by Crippen LogP contribution is 2.19. The monoisotopic (exact) mass is 302 g/mol. The third-order valence-electron chi connectivity index (χ3n) is 3.25. The molecule has 21 heavy (non-hydrogen) atoms. The van der Waals surface area contributed by atoms with Crippen LogP contribution in [0, 0.1) is 13.8 Å². The maximum Gasteiger partial charge on any atom is 0.193 e. The summed E-state index contributed by atoms with van der Waals surface area (Å²) in [6, 6.07) is 6.14. The van der Waals surface area contributed by atoms with E-state index in [2.05, 4.69) is 55.1 Å². The van der Waals surface area contributed by atoms with Gasteiger partial charge >= 0.3 is 0 Å². The molecule has 0 aliphatic carbocycles. The van der Waals surface area contributed by atoms with Gasteiger partial charge in [-0.15, -0.1) is 11.3 Å². The van der Waals surface area contributed by atoms with Gasteiger partial charge in [-0.2, -0.15) is 0 Å². The Morgan fingerprint density at radius 3 is 2.71 bits per heavy atom. The summed E-state index contributed by atoms with van der Waals surface area (Å²) in [5.41, 5.74) is 10.3. The van der Waals surface area contributed by atoms with Crippen molar-refractivity contribution >= 4 is 23.0 Å². The fraction of sp³-hybridized carbons (Fsp3) is 0.375. The molecule has 0 aliphatic rings. The zero-order valence-corrected chi connectivity index (χ0v) is 13.8. The van der Waals surface area contributed by atoms with Crippen molar-refractivity contribution in [1.29, 1.82) is 0 Å². The molecular formula is C16H22N4S. The summed E-state index contributed by atoms with van der Waals surface area (Å²) in [5, 5.41) is 6.30. The first kappa shape index (κ1) is 15.5. The van der Waals surface area contributed by atoms with E-state index in [4.69, 9.17) is 5.73 Å². The molecule has 3 N–H and O–H groups in total. The molecule has 0 atom stereocenters. The largest absolute Gasteiger partial charge is 0.370 e. The van der Waals surface area contributed by atoms with Gasteiger partial charge in [-0.05, 0) is 37.1 Å². The summed E-state index contributed by atoms with van der Waals surface area (Å²) in [4.78, 5) is 8.88. The Hall–Kier alpha value is -1.88. The Morgan fingerprint density at radius 1 is 1.33 bits per heavy atom. The first-order valence-corrected chi connectivity index (χ1v) is 7.92. The topological polar surface area (TPSA) is 63.3 Å². The lowest BCUT2D eigenvalue weighted by Crippen LogP contribution is -2.22. The molecule has 0 unspecified atom stereocenters. The van der Waals surface area contributed by atoms with Crippen molar-refractivity contribution in [2.75, 3.05) is 5.32 Å². The van der Waals surface area contributed by atoms with Crippen LogP contribution in [-0.2, 0) is 6.54 Å². The number of anilines is 1. The number of aromatic nitrogens is 1. The van der Waals surface area contributed by atoms with E-state index >= 15 is 0 Å². The van der Waals surface area contributed by atoms with Crippen LogP contribution in [0.3, 0.4) is 0 Å². The number of nitrogens with two attached hydrogens (primary N) is 1. The Kier molecular flexibility index (Phi) is 4.96. The van der Waals surface area contributed by atoms with Crippen LogP contribution in [0.5, 0.6) is 0 Å². The number of aliphatic imine (C=N–C) groups is 1. The van der Waals surface area contributed by atoms with Crippen LogP contribution in [0.15, 0.2) is 28.6 Å². The van der Waals surface area contributed by atoms with Crippen molar-refractivity contribution in [3.63, 3.8) is 0 Å². The number of benzene rings is 1. The van der Waals surface area contributed by atoms with Crippen LogP contribution in [0.25, 0.3) is 0 Å². The van der Waals surface area contributed by atoms with E-state index in [1.165, 1.54) is 11.1 Å². The summed E-state index contributed by atoms with van der Waals surface area (Å²) >= 11 is 1.68. The number of hydrogen-bond acceptors (Lipinski definition) is 3. The highest BCUT2D eigenvalue weighted by atomic mass is 32.1. The fourth-order valence-electron chi connectivity index (χ4n) is 1.83. The number of thiazole rings is 1. The molecule has 1 heterocycles. The van der Waals surface area contributed by atoms with E-state index in [1.54, 1.807) is 11.3 Å². The number of hydrogen-bond donors (Lipinski definition) is 2. The first-order valence-electron chi connectivity index (χ1n) is 7.04. The third-order valence-corrected chi connectivity index (χ3v) is 4.45. The Balaban J connectivity index is 1.98. The highest BCUT2D eigenvalue weighted by molar-refractivity contribution is 7.09. The molecule has 112 valence electrons. The third kappa shape index (κ3) is 4.29. The second-order valence-electron chi connectivity index (χ2n) is 5.46. The molecule has 5 heteroatoms. The Bertz CT molecular complexity index is 643. The predicted molar refractivity (Wildman–Crippen MR) is 91.1 cm³/mol. The summed E-state index contributed by atoms with van der Waals surface area (Å²) < 4.78 is 0. The number of aryl methyl sites for hydroxylation is 2. The molecule has 0 saturated carbocycles. The average molecular weight is 302 g/mol. The van der Waals surface area contributed by atoms with E-state index in [-0.39, 0.29) is 0 Å². The van der Waals surface area contributed by atoms with Crippen LogP contribution in [0.2, 0.25) is 0 Å². The van der Waals surface area contributed by atoms with Crippen molar-refractivity contribution in [3.8, 4) is 0 Å². The second kappa shape index (κ2) is 6.72. The molecule has 0 spiro atoms. The van der Waals surface area contributed by atoms with Crippen molar-refractivity contribution in [3.05, 3.63) is 45.4 Å². The van der Waals surface area contributed by atoms with Crippen LogP contribution < -0.4 is 11.1 Å². The molecule has 0 saturated heterocycles. The zero-order valence-electron chi connectivity index (χ0n) is 13.0. The van der Waals surface area contributed by atoms with Gasteiger partial charge in [-0.25, -0.2) is 9.98 Å². The summed E-state index contributed by atoms with van der Waals surface area (Å²) in [5.74, 6) is 0.871. The summed E-state index contributed by atoms with van der Waals surface area (Å²) in [6.07, 6.45) is 0. The van der Waals surface area contributed by atoms with Gasteiger partial charge in [0.15, 0.2) is 5.96 Å². The summed E-state index contributed by atoms with van der Waals surface area (Å²) in [7, 11) is 0. The second-order valence-corrected chi connectivity index (χ2v) is 6.35. The van der Waals surface area contributed by atoms with Gasteiger partial charge in [0.25, 0.3) is 0 Å². The first-order chi connectivity index (χ1) is 9.95. The molecule has 2 rings (SSSR count). The molecule has 0 radical (unpaired) electrons. The van der Waals surface area contributed by atoms with E-state index in [0.717, 1.165) is 16.4 Å². The minimum atomic E-state index is 0.414. The maximum atomic E-state index is 5.92. The molecule has 1 aromatic heterocycles. The van der Waals surface area contributed by atoms with Crippen LogP contribution >= 0.6 is 11.3 Å². The van der Waals surface area contributed by atoms with E-state index < -0.39 is 0 Å². The predicted octanol–water partition coefficient (Wildman–Crippen LogP) is 3.81. The van der Waals surface area contributed by atoms with Gasteiger partial charge in [0.1, 0.15) is 0 Å². The zero-order chi connectivity index (χ0) is 15.4. The van der Waals surface area contributed by atoms with Gasteiger partial charge in [-0.3, -0.25) is 0 Å². The van der Waals surface area contributed by atoms with Gasteiger partial charge in [0.2, 0.25) is 0 Å². The minimum Gasteiger partial charge on any atom is -0.370 e. The molecule has 0 amide bonds. The smallest absolute Gasteiger partial charge is 0.193 e. The maximum absolute atomic E-state index is 5.92. The van der Waals surface area contributed by atoms with Gasteiger partial charge in [0, 0.05) is 17.0 Å². The number of guanidine groups is 1. The van der Waals surface area contributed by atoms with Gasteiger partial charge in [-0.1, -0.05) is 19.9 Å². The van der Waals surface area contributed by atoms with Crippen molar-refractivity contribution in [2.45, 2.75) is 40.2 Å². The standard InChI is InChI=1S/C16H22N4S/c1-10(2)15-19-14(9-21-15)8-18-16(17)20-13-6-5-11(3)12(4)7-13/h5-7,9-10H,8H2,1-4H3,(H3,17,18,20).